The van der Waals surface area contributed by atoms with Gasteiger partial charge in [0.05, 0.1) is 10.6 Å². The van der Waals surface area contributed by atoms with Crippen LogP contribution in [0.25, 0.3) is 0 Å². The van der Waals surface area contributed by atoms with Crippen LogP contribution in [0.1, 0.15) is 11.1 Å². The molecule has 0 aliphatic carbocycles. The minimum atomic E-state index is -4.36. The molecule has 0 aromatic heterocycles. The van der Waals surface area contributed by atoms with Crippen molar-refractivity contribution in [3.63, 3.8) is 0 Å². The molecule has 0 bridgehead atoms. The number of benzene rings is 4. The smallest absolute Gasteiger partial charge is 0.264 e. The third-order valence-corrected chi connectivity index (χ3v) is 8.76. The van der Waals surface area contributed by atoms with Gasteiger partial charge < -0.3 is 10.2 Å². The van der Waals surface area contributed by atoms with Crippen LogP contribution < -0.4 is 9.62 Å². The van der Waals surface area contributed by atoms with Crippen LogP contribution in [0.4, 0.5) is 10.1 Å². The zero-order valence-electron chi connectivity index (χ0n) is 22.3. The number of carbonyl (C=O) groups is 2. The molecule has 0 radical (unpaired) electrons. The third-order valence-electron chi connectivity index (χ3n) is 6.49. The van der Waals surface area contributed by atoms with E-state index in [2.05, 4.69) is 21.2 Å². The lowest BCUT2D eigenvalue weighted by Gasteiger charge is -2.33. The fourth-order valence-corrected chi connectivity index (χ4v) is 6.33. The Labute approximate surface area is 247 Å². The van der Waals surface area contributed by atoms with Gasteiger partial charge in [-0.3, -0.25) is 13.9 Å². The molecule has 7 nitrogen and oxygen atoms in total. The summed E-state index contributed by atoms with van der Waals surface area (Å²) in [6.45, 7) is -0.714. The Morgan fingerprint density at radius 1 is 0.854 bits per heavy atom. The van der Waals surface area contributed by atoms with Gasteiger partial charge in [0.25, 0.3) is 10.0 Å². The van der Waals surface area contributed by atoms with Crippen LogP contribution in [0.3, 0.4) is 0 Å². The molecule has 4 aromatic carbocycles. The zero-order chi connectivity index (χ0) is 29.4. The number of para-hydroxylation sites is 1. The fourth-order valence-electron chi connectivity index (χ4n) is 4.44. The molecule has 212 valence electrons. The maximum Gasteiger partial charge on any atom is 0.264 e. The van der Waals surface area contributed by atoms with Gasteiger partial charge in [-0.25, -0.2) is 12.8 Å². The number of hydrogen-bond acceptors (Lipinski definition) is 4. The van der Waals surface area contributed by atoms with Crippen LogP contribution in [-0.4, -0.2) is 44.8 Å². The van der Waals surface area contributed by atoms with Gasteiger partial charge in [0.2, 0.25) is 11.8 Å². The molecule has 1 atom stereocenters. The second-order valence-electron chi connectivity index (χ2n) is 9.25. The molecule has 4 aromatic rings. The molecule has 4 rings (SSSR count). The minimum Gasteiger partial charge on any atom is -0.357 e. The third kappa shape index (κ3) is 7.39. The number of halogens is 2. The van der Waals surface area contributed by atoms with Crippen molar-refractivity contribution in [2.75, 3.05) is 17.9 Å². The van der Waals surface area contributed by atoms with Gasteiger partial charge in [0.1, 0.15) is 18.4 Å². The van der Waals surface area contributed by atoms with Crippen LogP contribution in [0, 0.1) is 5.82 Å². The SMILES string of the molecule is CNC(=O)C(Cc1ccccc1)N(Cc1cccc(Br)c1)C(=O)CN(c1ccccc1F)S(=O)(=O)c1ccccc1. The average Bonchev–Trinajstić information content (AvgIpc) is 2.98. The molecule has 0 aliphatic rings. The molecule has 0 saturated carbocycles. The lowest BCUT2D eigenvalue weighted by atomic mass is 10.0. The summed E-state index contributed by atoms with van der Waals surface area (Å²) in [5, 5.41) is 2.63. The number of sulfonamides is 1. The molecule has 0 heterocycles. The largest absolute Gasteiger partial charge is 0.357 e. The summed E-state index contributed by atoms with van der Waals surface area (Å²) in [5.74, 6) is -1.89. The average molecular weight is 639 g/mol. The van der Waals surface area contributed by atoms with Gasteiger partial charge in [-0.05, 0) is 47.5 Å². The molecule has 0 aliphatic heterocycles. The molecule has 41 heavy (non-hydrogen) atoms. The van der Waals surface area contributed by atoms with E-state index in [9.17, 15) is 18.0 Å². The van der Waals surface area contributed by atoms with Crippen LogP contribution in [0.5, 0.6) is 0 Å². The first-order valence-electron chi connectivity index (χ1n) is 12.8. The summed E-state index contributed by atoms with van der Waals surface area (Å²) in [5.41, 5.74) is 1.26. The van der Waals surface area contributed by atoms with E-state index in [-0.39, 0.29) is 23.5 Å². The highest BCUT2D eigenvalue weighted by molar-refractivity contribution is 9.10. The second kappa shape index (κ2) is 13.6. The van der Waals surface area contributed by atoms with E-state index < -0.39 is 40.2 Å². The van der Waals surface area contributed by atoms with E-state index in [4.69, 9.17) is 0 Å². The van der Waals surface area contributed by atoms with Crippen molar-refractivity contribution in [3.05, 3.63) is 131 Å². The van der Waals surface area contributed by atoms with Crippen LogP contribution in [0.15, 0.2) is 119 Å². The molecule has 2 amide bonds. The number of likely N-dealkylation sites (N-methyl/N-ethyl adjacent to an activating group) is 1. The maximum absolute atomic E-state index is 15.1. The van der Waals surface area contributed by atoms with Gasteiger partial charge in [0.15, 0.2) is 0 Å². The van der Waals surface area contributed by atoms with Gasteiger partial charge in [0, 0.05) is 24.5 Å². The van der Waals surface area contributed by atoms with Gasteiger partial charge >= 0.3 is 0 Å². The molecule has 0 fully saturated rings. The van der Waals surface area contributed by atoms with Gasteiger partial charge in [-0.2, -0.15) is 0 Å². The molecule has 1 unspecified atom stereocenters. The van der Waals surface area contributed by atoms with Crippen molar-refractivity contribution >= 4 is 43.5 Å². The first-order valence-corrected chi connectivity index (χ1v) is 15.1. The lowest BCUT2D eigenvalue weighted by Crippen LogP contribution is -2.53. The number of amides is 2. The number of carbonyl (C=O) groups excluding carboxylic acids is 2. The number of nitrogens with one attached hydrogen (secondary N) is 1. The molecule has 10 heteroatoms. The number of hydrogen-bond donors (Lipinski definition) is 1. The Morgan fingerprint density at radius 3 is 2.10 bits per heavy atom. The number of rotatable bonds is 11. The van der Waals surface area contributed by atoms with E-state index in [1.54, 1.807) is 24.3 Å². The topological polar surface area (TPSA) is 86.8 Å². The summed E-state index contributed by atoms with van der Waals surface area (Å²) in [4.78, 5) is 28.7. The fraction of sp³-hybridized carbons (Fsp3) is 0.161. The van der Waals surface area contributed by atoms with E-state index in [0.29, 0.717) is 0 Å². The van der Waals surface area contributed by atoms with Crippen LogP contribution in [0.2, 0.25) is 0 Å². The van der Waals surface area contributed by atoms with Crippen molar-refractivity contribution in [1.82, 2.24) is 10.2 Å². The van der Waals surface area contributed by atoms with Crippen LogP contribution in [-0.2, 0) is 32.6 Å². The first-order chi connectivity index (χ1) is 19.7. The molecular weight excluding hydrogens is 609 g/mol. The molecule has 0 spiro atoms. The highest BCUT2D eigenvalue weighted by Gasteiger charge is 2.35. The minimum absolute atomic E-state index is 0.0136. The summed E-state index contributed by atoms with van der Waals surface area (Å²) in [6.07, 6.45) is 0.186. The second-order valence-corrected chi connectivity index (χ2v) is 12.0. The normalized spacial score (nSPS) is 11.9. The molecule has 0 saturated heterocycles. The Hall–Kier alpha value is -4.02. The maximum atomic E-state index is 15.1. The van der Waals surface area contributed by atoms with Crippen molar-refractivity contribution in [1.29, 1.82) is 0 Å². The predicted molar refractivity (Wildman–Crippen MR) is 160 cm³/mol. The standard InChI is InChI=1S/C31H29BrFN3O4S/c1-34-31(38)29(20-23-11-4-2-5-12-23)35(21-24-13-10-14-25(32)19-24)30(37)22-36(28-18-9-8-17-27(28)33)41(39,40)26-15-6-3-7-16-26/h2-19,29H,20-22H2,1H3,(H,34,38). The van der Waals surface area contributed by atoms with Crippen molar-refractivity contribution in [2.24, 2.45) is 0 Å². The first kappa shape index (κ1) is 30.0. The number of anilines is 1. The molecule has 1 N–H and O–H groups in total. The van der Waals surface area contributed by atoms with E-state index in [0.717, 1.165) is 26.0 Å². The Bertz CT molecular complexity index is 1600. The highest BCUT2D eigenvalue weighted by atomic mass is 79.9. The van der Waals surface area contributed by atoms with Gasteiger partial charge in [-0.15, -0.1) is 0 Å². The van der Waals surface area contributed by atoms with Crippen molar-refractivity contribution in [2.45, 2.75) is 23.9 Å². The Kier molecular flexibility index (Phi) is 9.91. The Balaban J connectivity index is 1.79. The summed E-state index contributed by atoms with van der Waals surface area (Å²) in [7, 11) is -2.88. The van der Waals surface area contributed by atoms with E-state index in [1.165, 1.54) is 42.3 Å². The lowest BCUT2D eigenvalue weighted by molar-refractivity contribution is -0.139. The zero-order valence-corrected chi connectivity index (χ0v) is 24.7. The van der Waals surface area contributed by atoms with E-state index in [1.807, 2.05) is 48.5 Å². The van der Waals surface area contributed by atoms with Crippen molar-refractivity contribution in [3.8, 4) is 0 Å². The summed E-state index contributed by atoms with van der Waals surface area (Å²) in [6, 6.07) is 28.4. The molecular formula is C31H29BrFN3O4S. The number of nitrogens with zero attached hydrogens (tertiary/aromatic N) is 2. The van der Waals surface area contributed by atoms with Crippen molar-refractivity contribution < 1.29 is 22.4 Å². The van der Waals surface area contributed by atoms with Gasteiger partial charge in [-0.1, -0.05) is 88.7 Å². The quantitative estimate of drug-likeness (QED) is 0.246. The highest BCUT2D eigenvalue weighted by Crippen LogP contribution is 2.27. The summed E-state index contributed by atoms with van der Waals surface area (Å²) >= 11 is 3.44. The monoisotopic (exact) mass is 637 g/mol. The van der Waals surface area contributed by atoms with E-state index >= 15 is 4.39 Å². The summed E-state index contributed by atoms with van der Waals surface area (Å²) < 4.78 is 44.2. The van der Waals surface area contributed by atoms with Crippen LogP contribution >= 0.6 is 15.9 Å². The predicted octanol–water partition coefficient (Wildman–Crippen LogP) is 5.17. The Morgan fingerprint density at radius 2 is 1.46 bits per heavy atom.